The highest BCUT2D eigenvalue weighted by molar-refractivity contribution is 7.91. The van der Waals surface area contributed by atoms with Gasteiger partial charge in [0.15, 0.2) is 0 Å². The van der Waals surface area contributed by atoms with Gasteiger partial charge in [-0.3, -0.25) is 19.1 Å². The van der Waals surface area contributed by atoms with Crippen LogP contribution in [-0.2, 0) is 29.1 Å². The normalized spacial score (nSPS) is 29.4. The lowest BCUT2D eigenvalue weighted by Gasteiger charge is -2.37. The summed E-state index contributed by atoms with van der Waals surface area (Å²) in [5, 5.41) is 6.26. The summed E-state index contributed by atoms with van der Waals surface area (Å²) >= 11 is 0. The van der Waals surface area contributed by atoms with Crippen molar-refractivity contribution in [1.82, 2.24) is 30.1 Å². The molecule has 60 heavy (non-hydrogen) atoms. The van der Waals surface area contributed by atoms with Gasteiger partial charge in [0.1, 0.15) is 29.5 Å². The predicted octanol–water partition coefficient (Wildman–Crippen LogP) is 4.60. The number of amides is 5. The van der Waals surface area contributed by atoms with E-state index in [0.717, 1.165) is 62.3 Å². The highest BCUT2D eigenvalue weighted by atomic mass is 32.2. The van der Waals surface area contributed by atoms with E-state index in [-0.39, 0.29) is 37.4 Å². The van der Waals surface area contributed by atoms with Crippen LogP contribution in [0.4, 0.5) is 4.79 Å². The van der Waals surface area contributed by atoms with Crippen LogP contribution in [0.25, 0.3) is 17.0 Å². The van der Waals surface area contributed by atoms with Crippen LogP contribution in [0.15, 0.2) is 43.0 Å². The third kappa shape index (κ3) is 9.14. The Morgan fingerprint density at radius 3 is 2.52 bits per heavy atom. The molecule has 1 aromatic heterocycles. The van der Waals surface area contributed by atoms with Crippen molar-refractivity contribution in [2.45, 2.75) is 125 Å². The van der Waals surface area contributed by atoms with Gasteiger partial charge in [-0.2, -0.15) is 0 Å². The standard InChI is InChI=1S/C44H58N6O9S/c1-3-31-26-44(31,42(53)48-60(55,56)35-16-17-35)47-39(51)37-25-34-27-50(37)41(52)38(28-11-8-6-9-12-28)46-43(54)49-20-18-32(19-21-49)58-22-10-5-4-7-13-30-23-29-14-15-33(57-2)24-36(29)45-40(30)59-34/h3,7,13-15,23-24,28,31-32,34-35,37-38H,1,4-6,8-12,16-22,25-27H2,2H3,(H,46,54)(H,47,51)(H,48,53)/t31-,34-,37+,38+,44-/m1/s1. The van der Waals surface area contributed by atoms with Crippen molar-refractivity contribution in [3.63, 3.8) is 0 Å². The van der Waals surface area contributed by atoms with Gasteiger partial charge in [0.25, 0.3) is 5.91 Å². The number of benzene rings is 1. The highest BCUT2D eigenvalue weighted by Crippen LogP contribution is 2.46. The number of hydrogen-bond acceptors (Lipinski definition) is 10. The number of nitrogens with one attached hydrogen (secondary N) is 3. The van der Waals surface area contributed by atoms with Gasteiger partial charge in [0, 0.05) is 49.1 Å². The second-order valence-electron chi connectivity index (χ2n) is 17.4. The van der Waals surface area contributed by atoms with Gasteiger partial charge < -0.3 is 34.6 Å². The molecule has 1 aromatic carbocycles. The van der Waals surface area contributed by atoms with E-state index in [1.165, 1.54) is 11.0 Å². The maximum Gasteiger partial charge on any atom is 0.318 e. The number of carbonyl (C=O) groups excluding carboxylic acids is 4. The van der Waals surface area contributed by atoms with Crippen molar-refractivity contribution in [3.8, 4) is 11.6 Å². The number of hydrogen-bond donors (Lipinski definition) is 3. The summed E-state index contributed by atoms with van der Waals surface area (Å²) in [6.45, 7) is 5.50. The van der Waals surface area contributed by atoms with Crippen LogP contribution in [0.2, 0.25) is 0 Å². The van der Waals surface area contributed by atoms with Crippen LogP contribution in [0.5, 0.6) is 11.6 Å². The van der Waals surface area contributed by atoms with Gasteiger partial charge in [-0.25, -0.2) is 18.2 Å². The Hall–Kier alpha value is -4.70. The molecule has 5 atom stereocenters. The number of carbonyl (C=O) groups is 4. The molecular formula is C44H58N6O9S. The quantitative estimate of drug-likeness (QED) is 0.318. The topological polar surface area (TPSA) is 186 Å². The van der Waals surface area contributed by atoms with Crippen molar-refractivity contribution in [2.24, 2.45) is 11.8 Å². The average molecular weight is 847 g/mol. The fraction of sp³-hybridized carbons (Fsp3) is 0.614. The molecule has 3 saturated carbocycles. The highest BCUT2D eigenvalue weighted by Gasteiger charge is 2.62. The minimum Gasteiger partial charge on any atom is -0.497 e. The molecule has 3 aliphatic carbocycles. The second kappa shape index (κ2) is 17.7. The Morgan fingerprint density at radius 1 is 1.02 bits per heavy atom. The number of allylic oxidation sites excluding steroid dienone is 1. The Balaban J connectivity index is 1.13. The molecule has 0 unspecified atom stereocenters. The van der Waals surface area contributed by atoms with E-state index in [0.29, 0.717) is 62.5 Å². The van der Waals surface area contributed by atoms with E-state index in [1.807, 2.05) is 30.3 Å². The first-order valence-electron chi connectivity index (χ1n) is 21.8. The number of rotatable bonds is 8. The molecule has 15 nitrogen and oxygen atoms in total. The van der Waals surface area contributed by atoms with Crippen LogP contribution in [0.1, 0.15) is 95.5 Å². The Morgan fingerprint density at radius 2 is 1.80 bits per heavy atom. The molecule has 324 valence electrons. The van der Waals surface area contributed by atoms with Crippen molar-refractivity contribution in [3.05, 3.63) is 48.6 Å². The molecule has 4 bridgehead atoms. The molecule has 2 saturated heterocycles. The van der Waals surface area contributed by atoms with Gasteiger partial charge in [-0.05, 0) is 88.3 Å². The zero-order valence-electron chi connectivity index (χ0n) is 34.4. The SMILES string of the molecule is C=C[C@@H]1C[C@]1(NC(=O)[C@@H]1C[C@@H]2CN1C(=O)[C@H](C1CCCCC1)NC(=O)N1CCC(CC1)OCCCCC=Cc1cc3ccc(OC)cc3nc1O2)C(=O)NS(=O)(=O)C1CC1. The molecule has 7 aliphatic rings. The molecular weight excluding hydrogens is 789 g/mol. The minimum absolute atomic E-state index is 0.0138. The monoisotopic (exact) mass is 846 g/mol. The Labute approximate surface area is 352 Å². The molecule has 0 radical (unpaired) electrons. The molecule has 5 heterocycles. The number of methoxy groups -OCH3 is 1. The van der Waals surface area contributed by atoms with Crippen LogP contribution < -0.4 is 24.8 Å². The maximum absolute atomic E-state index is 15.1. The first kappa shape index (κ1) is 42.0. The van der Waals surface area contributed by atoms with Gasteiger partial charge in [-0.1, -0.05) is 37.5 Å². The van der Waals surface area contributed by atoms with Crippen molar-refractivity contribution in [1.29, 1.82) is 0 Å². The van der Waals surface area contributed by atoms with Crippen molar-refractivity contribution >= 4 is 50.8 Å². The summed E-state index contributed by atoms with van der Waals surface area (Å²) in [6, 6.07) is 5.30. The number of fused-ring (bicyclic) bond motifs is 11. The van der Waals surface area contributed by atoms with Crippen LogP contribution in [-0.4, -0.2) is 115 Å². The lowest BCUT2D eigenvalue weighted by atomic mass is 9.83. The van der Waals surface area contributed by atoms with Crippen molar-refractivity contribution in [2.75, 3.05) is 33.4 Å². The van der Waals surface area contributed by atoms with Gasteiger partial charge in [0.2, 0.25) is 27.7 Å². The van der Waals surface area contributed by atoms with Crippen molar-refractivity contribution < 1.29 is 41.8 Å². The number of pyridine rings is 1. The third-order valence-electron chi connectivity index (χ3n) is 13.2. The number of sulfonamides is 1. The summed E-state index contributed by atoms with van der Waals surface area (Å²) in [7, 11) is -2.32. The Bertz CT molecular complexity index is 2110. The third-order valence-corrected chi connectivity index (χ3v) is 15.0. The summed E-state index contributed by atoms with van der Waals surface area (Å²) in [6.07, 6.45) is 14.5. The zero-order valence-corrected chi connectivity index (χ0v) is 35.3. The predicted molar refractivity (Wildman–Crippen MR) is 224 cm³/mol. The van der Waals surface area contributed by atoms with Crippen LogP contribution in [0, 0.1) is 11.8 Å². The summed E-state index contributed by atoms with van der Waals surface area (Å²) < 4.78 is 46.3. The first-order valence-corrected chi connectivity index (χ1v) is 23.3. The van der Waals surface area contributed by atoms with Crippen LogP contribution >= 0.6 is 0 Å². The largest absolute Gasteiger partial charge is 0.497 e. The van der Waals surface area contributed by atoms with E-state index >= 15 is 4.79 Å². The number of nitrogens with zero attached hydrogens (tertiary/aromatic N) is 3. The fourth-order valence-electron chi connectivity index (χ4n) is 9.34. The molecule has 3 N–H and O–H groups in total. The van der Waals surface area contributed by atoms with Crippen LogP contribution in [0.3, 0.4) is 0 Å². The molecule has 2 aromatic rings. The van der Waals surface area contributed by atoms with E-state index in [4.69, 9.17) is 19.2 Å². The number of piperidine rings is 1. The van der Waals surface area contributed by atoms with E-state index in [9.17, 15) is 22.8 Å². The molecule has 16 heteroatoms. The lowest BCUT2D eigenvalue weighted by molar-refractivity contribution is -0.142. The summed E-state index contributed by atoms with van der Waals surface area (Å²) in [4.78, 5) is 65.6. The molecule has 9 rings (SSSR count). The Kier molecular flexibility index (Phi) is 12.4. The summed E-state index contributed by atoms with van der Waals surface area (Å²) in [5.41, 5.74) is -0.161. The number of aromatic nitrogens is 1. The first-order chi connectivity index (χ1) is 29.0. The zero-order chi connectivity index (χ0) is 42.0. The van der Waals surface area contributed by atoms with Gasteiger partial charge in [-0.15, -0.1) is 6.58 Å². The number of urea groups is 1. The lowest BCUT2D eigenvalue weighted by Crippen LogP contribution is -2.60. The van der Waals surface area contributed by atoms with Gasteiger partial charge >= 0.3 is 6.03 Å². The minimum atomic E-state index is -3.90. The number of ether oxygens (including phenoxy) is 3. The molecule has 5 fully saturated rings. The van der Waals surface area contributed by atoms with E-state index in [1.54, 1.807) is 12.0 Å². The van der Waals surface area contributed by atoms with E-state index < -0.39 is 62.6 Å². The molecule has 0 spiro atoms. The average Bonchev–Trinajstić information content (AvgIpc) is 4.19. The second-order valence-corrected chi connectivity index (χ2v) is 19.3. The van der Waals surface area contributed by atoms with Gasteiger partial charge in [0.05, 0.1) is 30.5 Å². The molecule has 4 aliphatic heterocycles. The molecule has 5 amide bonds. The van der Waals surface area contributed by atoms with E-state index in [2.05, 4.69) is 28.0 Å². The fourth-order valence-corrected chi connectivity index (χ4v) is 10.7. The smallest absolute Gasteiger partial charge is 0.318 e. The summed E-state index contributed by atoms with van der Waals surface area (Å²) in [5.74, 6) is -1.52. The maximum atomic E-state index is 15.1.